The molecule has 5 heteroatoms. The maximum Gasteiger partial charge on any atom is 0.255 e. The first-order chi connectivity index (χ1) is 11.2. The van der Waals surface area contributed by atoms with Crippen LogP contribution >= 0.6 is 11.6 Å². The Kier molecular flexibility index (Phi) is 3.81. The van der Waals surface area contributed by atoms with Crippen LogP contribution in [-0.2, 0) is 4.74 Å². The molecule has 4 rings (SSSR count). The molecule has 0 radical (unpaired) electrons. The summed E-state index contributed by atoms with van der Waals surface area (Å²) in [5.74, 6) is -0.146. The van der Waals surface area contributed by atoms with Crippen molar-refractivity contribution in [1.29, 1.82) is 0 Å². The highest BCUT2D eigenvalue weighted by Crippen LogP contribution is 2.37. The Morgan fingerprint density at radius 3 is 2.48 bits per heavy atom. The van der Waals surface area contributed by atoms with Gasteiger partial charge in [-0.3, -0.25) is 4.79 Å². The highest BCUT2D eigenvalue weighted by Gasteiger charge is 2.41. The van der Waals surface area contributed by atoms with Gasteiger partial charge in [-0.15, -0.1) is 0 Å². The van der Waals surface area contributed by atoms with Gasteiger partial charge in [0.2, 0.25) is 0 Å². The Morgan fingerprint density at radius 2 is 1.87 bits per heavy atom. The first-order valence-corrected chi connectivity index (χ1v) is 8.12. The molecule has 2 saturated heterocycles. The van der Waals surface area contributed by atoms with E-state index >= 15 is 0 Å². The molecule has 3 unspecified atom stereocenters. The summed E-state index contributed by atoms with van der Waals surface area (Å²) in [5.41, 5.74) is 2.50. The number of fused-ring (bicyclic) bond motifs is 2. The second kappa shape index (κ2) is 5.96. The molecule has 2 fully saturated rings. The number of hydrogen-bond acceptors (Lipinski definition) is 3. The topological polar surface area (TPSA) is 50.4 Å². The van der Waals surface area contributed by atoms with Crippen LogP contribution in [0.5, 0.6) is 0 Å². The molecule has 1 amide bonds. The van der Waals surface area contributed by atoms with Gasteiger partial charge in [0, 0.05) is 28.9 Å². The fraction of sp³-hybridized carbons (Fsp3) is 0.278. The Morgan fingerprint density at radius 1 is 1.13 bits per heavy atom. The van der Waals surface area contributed by atoms with Gasteiger partial charge in [-0.2, -0.15) is 0 Å². The van der Waals surface area contributed by atoms with Crippen LogP contribution in [-0.4, -0.2) is 24.6 Å². The number of hydrogen-bond donors (Lipinski definition) is 2. The third-order valence-corrected chi connectivity index (χ3v) is 4.68. The van der Waals surface area contributed by atoms with Gasteiger partial charge < -0.3 is 15.4 Å². The van der Waals surface area contributed by atoms with Gasteiger partial charge in [0.25, 0.3) is 5.91 Å². The lowest BCUT2D eigenvalue weighted by Gasteiger charge is -2.23. The van der Waals surface area contributed by atoms with Gasteiger partial charge in [-0.25, -0.2) is 0 Å². The minimum atomic E-state index is -0.146. The Hall–Kier alpha value is -1.88. The van der Waals surface area contributed by atoms with E-state index in [0.717, 1.165) is 24.2 Å². The normalized spacial score (nSPS) is 25.5. The number of anilines is 1. The lowest BCUT2D eigenvalue weighted by atomic mass is 10.0. The van der Waals surface area contributed by atoms with Crippen LogP contribution in [0.2, 0.25) is 5.02 Å². The first-order valence-electron chi connectivity index (χ1n) is 7.75. The number of carbonyl (C=O) groups is 1. The zero-order valence-electron chi connectivity index (χ0n) is 12.5. The van der Waals surface area contributed by atoms with E-state index in [1.54, 1.807) is 24.3 Å². The van der Waals surface area contributed by atoms with Crippen LogP contribution in [0.3, 0.4) is 0 Å². The third kappa shape index (κ3) is 2.98. The van der Waals surface area contributed by atoms with Gasteiger partial charge in [-0.1, -0.05) is 23.7 Å². The zero-order valence-corrected chi connectivity index (χ0v) is 13.2. The van der Waals surface area contributed by atoms with Crippen molar-refractivity contribution in [2.75, 3.05) is 11.9 Å². The van der Waals surface area contributed by atoms with Crippen LogP contribution < -0.4 is 10.6 Å². The highest BCUT2D eigenvalue weighted by molar-refractivity contribution is 6.30. The third-order valence-electron chi connectivity index (χ3n) is 4.43. The van der Waals surface area contributed by atoms with Crippen molar-refractivity contribution in [2.45, 2.75) is 24.7 Å². The molecule has 0 spiro atoms. The zero-order chi connectivity index (χ0) is 15.8. The Bertz CT molecular complexity index is 715. The Balaban J connectivity index is 1.44. The highest BCUT2D eigenvalue weighted by atomic mass is 35.5. The molecule has 2 N–H and O–H groups in total. The summed E-state index contributed by atoms with van der Waals surface area (Å²) >= 11 is 5.83. The molecule has 2 heterocycles. The fourth-order valence-electron chi connectivity index (χ4n) is 3.24. The number of morpholine rings is 1. The summed E-state index contributed by atoms with van der Waals surface area (Å²) in [6.07, 6.45) is 1.55. The molecule has 0 aliphatic carbocycles. The van der Waals surface area contributed by atoms with Crippen molar-refractivity contribution >= 4 is 23.2 Å². The largest absolute Gasteiger partial charge is 0.367 e. The summed E-state index contributed by atoms with van der Waals surface area (Å²) < 4.78 is 5.99. The minimum absolute atomic E-state index is 0.120. The summed E-state index contributed by atoms with van der Waals surface area (Å²) in [4.78, 5) is 12.2. The molecule has 0 saturated carbocycles. The van der Waals surface area contributed by atoms with E-state index in [1.807, 2.05) is 24.3 Å². The second-order valence-corrected chi connectivity index (χ2v) is 6.45. The number of nitrogens with one attached hydrogen (secondary N) is 2. The first kappa shape index (κ1) is 14.7. The van der Waals surface area contributed by atoms with E-state index in [1.165, 1.54) is 0 Å². The number of amides is 1. The van der Waals surface area contributed by atoms with E-state index in [-0.39, 0.29) is 12.0 Å². The SMILES string of the molecule is O=C(Nc1ccc(C2OC3CNC2C3)cc1)c1ccc(Cl)cc1. The molecular weight excluding hydrogens is 312 g/mol. The van der Waals surface area contributed by atoms with E-state index in [4.69, 9.17) is 16.3 Å². The van der Waals surface area contributed by atoms with Crippen LogP contribution in [0, 0.1) is 0 Å². The summed E-state index contributed by atoms with van der Waals surface area (Å²) in [7, 11) is 0. The van der Waals surface area contributed by atoms with Gasteiger partial charge in [0.15, 0.2) is 0 Å². The number of ether oxygens (including phenoxy) is 1. The molecule has 2 aliphatic heterocycles. The average Bonchev–Trinajstić information content (AvgIpc) is 3.19. The smallest absolute Gasteiger partial charge is 0.255 e. The standard InChI is InChI=1S/C18H17ClN2O2/c19-13-5-1-12(2-6-13)18(22)21-14-7-3-11(4-8-14)17-16-9-15(23-17)10-20-16/h1-8,15-17,20H,9-10H2,(H,21,22). The molecule has 118 valence electrons. The van der Waals surface area contributed by atoms with Crippen LogP contribution in [0.4, 0.5) is 5.69 Å². The van der Waals surface area contributed by atoms with Crippen molar-refractivity contribution in [1.82, 2.24) is 5.32 Å². The molecule has 0 aromatic heterocycles. The predicted octanol–water partition coefficient (Wildman–Crippen LogP) is 3.39. The average molecular weight is 329 g/mol. The van der Waals surface area contributed by atoms with Crippen molar-refractivity contribution in [3.8, 4) is 0 Å². The van der Waals surface area contributed by atoms with Crippen molar-refractivity contribution in [2.24, 2.45) is 0 Å². The van der Waals surface area contributed by atoms with Crippen LogP contribution in [0.15, 0.2) is 48.5 Å². The van der Waals surface area contributed by atoms with Gasteiger partial charge in [0.1, 0.15) is 0 Å². The number of rotatable bonds is 3. The van der Waals surface area contributed by atoms with Gasteiger partial charge in [0.05, 0.1) is 12.2 Å². The van der Waals surface area contributed by atoms with Crippen molar-refractivity contribution in [3.63, 3.8) is 0 Å². The number of carbonyl (C=O) groups excluding carboxylic acids is 1. The molecule has 2 aliphatic rings. The molecule has 2 aromatic rings. The van der Waals surface area contributed by atoms with Gasteiger partial charge >= 0.3 is 0 Å². The summed E-state index contributed by atoms with van der Waals surface area (Å²) in [6, 6.07) is 15.1. The lowest BCUT2D eigenvalue weighted by molar-refractivity contribution is 0.0160. The van der Waals surface area contributed by atoms with E-state index < -0.39 is 0 Å². The predicted molar refractivity (Wildman–Crippen MR) is 89.9 cm³/mol. The quantitative estimate of drug-likeness (QED) is 0.908. The second-order valence-electron chi connectivity index (χ2n) is 6.01. The Labute approximate surface area is 139 Å². The molecule has 2 bridgehead atoms. The van der Waals surface area contributed by atoms with Crippen LogP contribution in [0.1, 0.15) is 28.4 Å². The molecular formula is C18H17ClN2O2. The lowest BCUT2D eigenvalue weighted by Crippen LogP contribution is -2.33. The maximum atomic E-state index is 12.2. The van der Waals surface area contributed by atoms with Gasteiger partial charge in [-0.05, 0) is 48.4 Å². The van der Waals surface area contributed by atoms with Crippen molar-refractivity contribution in [3.05, 3.63) is 64.7 Å². The molecule has 23 heavy (non-hydrogen) atoms. The molecule has 3 atom stereocenters. The monoisotopic (exact) mass is 328 g/mol. The van der Waals surface area contributed by atoms with E-state index in [0.29, 0.717) is 22.7 Å². The minimum Gasteiger partial charge on any atom is -0.367 e. The van der Waals surface area contributed by atoms with E-state index in [2.05, 4.69) is 10.6 Å². The van der Waals surface area contributed by atoms with Crippen molar-refractivity contribution < 1.29 is 9.53 Å². The fourth-order valence-corrected chi connectivity index (χ4v) is 3.37. The molecule has 2 aromatic carbocycles. The van der Waals surface area contributed by atoms with E-state index in [9.17, 15) is 4.79 Å². The number of benzene rings is 2. The molecule has 4 nitrogen and oxygen atoms in total. The maximum absolute atomic E-state index is 12.2. The summed E-state index contributed by atoms with van der Waals surface area (Å²) in [6.45, 7) is 0.955. The number of halogens is 1. The van der Waals surface area contributed by atoms with Crippen LogP contribution in [0.25, 0.3) is 0 Å². The summed E-state index contributed by atoms with van der Waals surface area (Å²) in [5, 5.41) is 6.98.